The average molecular weight is 326 g/mol. The van der Waals surface area contributed by atoms with Gasteiger partial charge < -0.3 is 4.74 Å². The van der Waals surface area contributed by atoms with Gasteiger partial charge in [-0.2, -0.15) is 4.31 Å². The first-order valence-electron chi connectivity index (χ1n) is 6.01. The maximum Gasteiger partial charge on any atom is 0.244 e. The summed E-state index contributed by atoms with van der Waals surface area (Å²) in [5.74, 6) is 0.212. The van der Waals surface area contributed by atoms with E-state index in [1.54, 1.807) is 14.0 Å². The number of hydrogen-bond donors (Lipinski definition) is 0. The Bertz CT molecular complexity index is 511. The van der Waals surface area contributed by atoms with Gasteiger partial charge in [0, 0.05) is 18.5 Å². The van der Waals surface area contributed by atoms with Crippen molar-refractivity contribution in [2.75, 3.05) is 20.2 Å². The highest BCUT2D eigenvalue weighted by atomic mass is 35.5. The Morgan fingerprint density at radius 2 is 2.11 bits per heavy atom. The first-order valence-corrected chi connectivity index (χ1v) is 8.87. The van der Waals surface area contributed by atoms with Crippen LogP contribution in [0, 0.1) is 6.92 Å². The van der Waals surface area contributed by atoms with Crippen LogP contribution in [-0.4, -0.2) is 39.0 Å². The van der Waals surface area contributed by atoms with Crippen molar-refractivity contribution in [2.24, 2.45) is 0 Å². The highest BCUT2D eigenvalue weighted by molar-refractivity contribution is 7.89. The Balaban J connectivity index is 2.87. The third-order valence-corrected chi connectivity index (χ3v) is 6.38. The Morgan fingerprint density at radius 1 is 1.47 bits per heavy atom. The number of hydrogen-bond acceptors (Lipinski definition) is 4. The van der Waals surface area contributed by atoms with E-state index in [0.717, 1.165) is 5.56 Å². The fraction of sp³-hybridized carbons (Fsp3) is 0.667. The van der Waals surface area contributed by atoms with Gasteiger partial charge in [0.2, 0.25) is 10.0 Å². The van der Waals surface area contributed by atoms with Gasteiger partial charge in [-0.3, -0.25) is 0 Å². The van der Waals surface area contributed by atoms with Crippen molar-refractivity contribution >= 4 is 33.0 Å². The summed E-state index contributed by atoms with van der Waals surface area (Å²) in [4.78, 5) is 1.04. The van der Waals surface area contributed by atoms with Crippen LogP contribution in [0.2, 0.25) is 0 Å². The van der Waals surface area contributed by atoms with E-state index in [9.17, 15) is 8.42 Å². The van der Waals surface area contributed by atoms with Crippen LogP contribution in [0.25, 0.3) is 0 Å². The molecule has 0 aliphatic heterocycles. The molecule has 0 saturated heterocycles. The summed E-state index contributed by atoms with van der Waals surface area (Å²) in [5.41, 5.74) is 0.747. The average Bonchev–Trinajstić information content (AvgIpc) is 2.70. The fourth-order valence-corrected chi connectivity index (χ4v) is 4.78. The number of sulfonamides is 1. The van der Waals surface area contributed by atoms with E-state index in [1.807, 2.05) is 19.2 Å². The van der Waals surface area contributed by atoms with E-state index in [1.165, 1.54) is 15.6 Å². The number of nitrogens with zero attached hydrogens (tertiary/aromatic N) is 1. The summed E-state index contributed by atoms with van der Waals surface area (Å²) in [6.45, 7) is 6.34. The largest absolute Gasteiger partial charge is 0.377 e. The Labute approximate surface area is 124 Å². The Kier molecular flexibility index (Phi) is 6.26. The number of rotatable bonds is 7. The minimum absolute atomic E-state index is 0.0948. The van der Waals surface area contributed by atoms with Gasteiger partial charge in [0.1, 0.15) is 4.90 Å². The van der Waals surface area contributed by atoms with Crippen LogP contribution < -0.4 is 0 Å². The predicted octanol–water partition coefficient (Wildman–Crippen LogP) is 2.84. The van der Waals surface area contributed by atoms with Gasteiger partial charge in [0.15, 0.2) is 0 Å². The lowest BCUT2D eigenvalue weighted by Crippen LogP contribution is -2.31. The second-order valence-corrected chi connectivity index (χ2v) is 7.76. The van der Waals surface area contributed by atoms with Crippen molar-refractivity contribution < 1.29 is 13.2 Å². The summed E-state index contributed by atoms with van der Waals surface area (Å²) in [6, 6.07) is 0. The fourth-order valence-electron chi connectivity index (χ4n) is 1.62. The number of likely N-dealkylation sites (N-methyl/N-ethyl adjacent to an activating group) is 1. The molecule has 0 radical (unpaired) electrons. The molecule has 1 aromatic heterocycles. The van der Waals surface area contributed by atoms with Gasteiger partial charge >= 0.3 is 0 Å². The molecule has 0 amide bonds. The summed E-state index contributed by atoms with van der Waals surface area (Å²) < 4.78 is 31.7. The lowest BCUT2D eigenvalue weighted by atomic mass is 10.3. The molecule has 0 unspecified atom stereocenters. The minimum Gasteiger partial charge on any atom is -0.377 e. The second-order valence-electron chi connectivity index (χ2n) is 4.55. The molecule has 0 aromatic carbocycles. The molecule has 0 fully saturated rings. The zero-order valence-electron chi connectivity index (χ0n) is 11.6. The summed E-state index contributed by atoms with van der Waals surface area (Å²) in [7, 11) is -1.92. The Hall–Kier alpha value is -0.140. The zero-order chi connectivity index (χ0) is 14.6. The van der Waals surface area contributed by atoms with Gasteiger partial charge in [-0.15, -0.1) is 22.9 Å². The van der Waals surface area contributed by atoms with Crippen LogP contribution in [0.4, 0.5) is 0 Å². The van der Waals surface area contributed by atoms with E-state index in [-0.39, 0.29) is 12.0 Å². The van der Waals surface area contributed by atoms with E-state index in [0.29, 0.717) is 22.9 Å². The smallest absolute Gasteiger partial charge is 0.244 e. The first-order chi connectivity index (χ1) is 8.80. The number of ether oxygens (including phenoxy) is 1. The molecule has 110 valence electrons. The van der Waals surface area contributed by atoms with E-state index in [4.69, 9.17) is 16.3 Å². The Morgan fingerprint density at radius 3 is 2.63 bits per heavy atom. The quantitative estimate of drug-likeness (QED) is 0.724. The molecule has 0 atom stereocenters. The van der Waals surface area contributed by atoms with Crippen LogP contribution in [0.1, 0.15) is 24.3 Å². The molecule has 0 saturated carbocycles. The summed E-state index contributed by atoms with van der Waals surface area (Å²) in [5, 5.41) is 1.82. The number of alkyl halides is 1. The van der Waals surface area contributed by atoms with Crippen LogP contribution in [0.15, 0.2) is 10.3 Å². The normalized spacial score (nSPS) is 12.6. The van der Waals surface area contributed by atoms with Crippen molar-refractivity contribution in [3.8, 4) is 0 Å². The minimum atomic E-state index is -3.49. The van der Waals surface area contributed by atoms with Gasteiger partial charge in [-0.25, -0.2) is 8.42 Å². The van der Waals surface area contributed by atoms with Crippen LogP contribution >= 0.6 is 22.9 Å². The van der Waals surface area contributed by atoms with Crippen LogP contribution in [-0.2, 0) is 20.6 Å². The number of aryl methyl sites for hydroxylation is 1. The molecular weight excluding hydrogens is 306 g/mol. The van der Waals surface area contributed by atoms with E-state index < -0.39 is 10.0 Å². The molecular formula is C12H20ClNO3S2. The summed E-state index contributed by atoms with van der Waals surface area (Å²) in [6.07, 6.45) is 0.0948. The molecule has 0 spiro atoms. The van der Waals surface area contributed by atoms with E-state index >= 15 is 0 Å². The van der Waals surface area contributed by atoms with Gasteiger partial charge in [0.05, 0.1) is 18.6 Å². The summed E-state index contributed by atoms with van der Waals surface area (Å²) >= 11 is 7.18. The van der Waals surface area contributed by atoms with Crippen LogP contribution in [0.5, 0.6) is 0 Å². The molecule has 1 rings (SSSR count). The van der Waals surface area contributed by atoms with Crippen molar-refractivity contribution in [1.29, 1.82) is 0 Å². The molecule has 1 aromatic rings. The highest BCUT2D eigenvalue weighted by Gasteiger charge is 2.26. The van der Waals surface area contributed by atoms with Gasteiger partial charge in [0.25, 0.3) is 0 Å². The monoisotopic (exact) mass is 325 g/mol. The van der Waals surface area contributed by atoms with Crippen molar-refractivity contribution in [3.63, 3.8) is 0 Å². The predicted molar refractivity (Wildman–Crippen MR) is 79.5 cm³/mol. The maximum absolute atomic E-state index is 12.5. The third kappa shape index (κ3) is 4.16. The van der Waals surface area contributed by atoms with Crippen molar-refractivity contribution in [3.05, 3.63) is 15.8 Å². The molecule has 19 heavy (non-hydrogen) atoms. The van der Waals surface area contributed by atoms with Gasteiger partial charge in [-0.05, 0) is 31.7 Å². The first kappa shape index (κ1) is 16.9. The highest BCUT2D eigenvalue weighted by Crippen LogP contribution is 2.30. The van der Waals surface area contributed by atoms with Crippen molar-refractivity contribution in [1.82, 2.24) is 4.31 Å². The number of halogens is 1. The molecule has 7 heteroatoms. The topological polar surface area (TPSA) is 46.6 Å². The molecule has 0 aliphatic carbocycles. The van der Waals surface area contributed by atoms with Gasteiger partial charge in [-0.1, -0.05) is 0 Å². The lowest BCUT2D eigenvalue weighted by Gasteiger charge is -2.18. The molecule has 0 aliphatic rings. The standard InChI is InChI=1S/C12H20ClNO3S2/c1-9(2)17-6-5-14(4)19(15,16)12-10(3)8-18-11(12)7-13/h8-9H,5-7H2,1-4H3. The maximum atomic E-state index is 12.5. The number of thiophene rings is 1. The lowest BCUT2D eigenvalue weighted by molar-refractivity contribution is 0.0737. The molecule has 0 bridgehead atoms. The van der Waals surface area contributed by atoms with E-state index in [2.05, 4.69) is 0 Å². The molecule has 4 nitrogen and oxygen atoms in total. The SMILES string of the molecule is Cc1csc(CCl)c1S(=O)(=O)N(C)CCOC(C)C. The second kappa shape index (κ2) is 7.04. The van der Waals surface area contributed by atoms with Crippen molar-refractivity contribution in [2.45, 2.75) is 37.7 Å². The molecule has 0 N–H and O–H groups in total. The third-order valence-electron chi connectivity index (χ3n) is 2.64. The zero-order valence-corrected chi connectivity index (χ0v) is 14.0. The van der Waals surface area contributed by atoms with Crippen LogP contribution in [0.3, 0.4) is 0 Å². The molecule has 1 heterocycles.